The maximum Gasteiger partial charge on any atom is 0.246 e. The summed E-state index contributed by atoms with van der Waals surface area (Å²) in [4.78, 5) is 11.7. The number of aromatic nitrogens is 1. The number of amides is 1. The van der Waals surface area contributed by atoms with Gasteiger partial charge in [0, 0.05) is 6.54 Å². The van der Waals surface area contributed by atoms with Gasteiger partial charge in [-0.3, -0.25) is 4.79 Å². The van der Waals surface area contributed by atoms with Gasteiger partial charge in [-0.1, -0.05) is 17.3 Å². The van der Waals surface area contributed by atoms with Crippen molar-refractivity contribution in [3.8, 4) is 0 Å². The molecular weight excluding hydrogens is 337 g/mol. The summed E-state index contributed by atoms with van der Waals surface area (Å²) < 4.78 is 44.1. The summed E-state index contributed by atoms with van der Waals surface area (Å²) in [5, 5.41) is 6.17. The smallest absolute Gasteiger partial charge is 0.246 e. The highest BCUT2D eigenvalue weighted by Crippen LogP contribution is 2.18. The van der Waals surface area contributed by atoms with Gasteiger partial charge in [-0.15, -0.1) is 0 Å². The Kier molecular flexibility index (Phi) is 5.68. The van der Waals surface area contributed by atoms with Crippen LogP contribution >= 0.6 is 0 Å². The molecule has 0 spiro atoms. The van der Waals surface area contributed by atoms with Crippen LogP contribution in [-0.2, 0) is 21.2 Å². The third kappa shape index (κ3) is 4.62. The van der Waals surface area contributed by atoms with Gasteiger partial charge in [0.05, 0.1) is 6.54 Å². The number of benzene rings is 1. The van der Waals surface area contributed by atoms with Crippen LogP contribution in [0.25, 0.3) is 0 Å². The highest BCUT2D eigenvalue weighted by Gasteiger charge is 2.24. The number of aryl methyl sites for hydroxylation is 2. The Balaban J connectivity index is 1.81. The van der Waals surface area contributed by atoms with Gasteiger partial charge < -0.3 is 9.84 Å². The Bertz CT molecular complexity index is 796. The number of carbonyl (C=O) groups excluding carboxylic acids is 1. The lowest BCUT2D eigenvalue weighted by atomic mass is 10.1. The van der Waals surface area contributed by atoms with Crippen molar-refractivity contribution < 1.29 is 22.1 Å². The monoisotopic (exact) mass is 355 g/mol. The van der Waals surface area contributed by atoms with Crippen molar-refractivity contribution in [3.63, 3.8) is 0 Å². The molecule has 1 aromatic carbocycles. The van der Waals surface area contributed by atoms with E-state index in [1.807, 2.05) is 0 Å². The molecule has 0 bridgehead atoms. The lowest BCUT2D eigenvalue weighted by Gasteiger charge is -2.07. The molecule has 0 fully saturated rings. The zero-order chi connectivity index (χ0) is 17.7. The summed E-state index contributed by atoms with van der Waals surface area (Å²) in [6.07, 6.45) is 0.517. The predicted molar refractivity (Wildman–Crippen MR) is 84.3 cm³/mol. The predicted octanol–water partition coefficient (Wildman–Crippen LogP) is 1.07. The van der Waals surface area contributed by atoms with Gasteiger partial charge in [0.25, 0.3) is 0 Å². The zero-order valence-corrected chi connectivity index (χ0v) is 14.1. The Morgan fingerprint density at radius 3 is 2.50 bits per heavy atom. The Morgan fingerprint density at radius 2 is 1.92 bits per heavy atom. The molecule has 130 valence electrons. The van der Waals surface area contributed by atoms with Crippen molar-refractivity contribution >= 4 is 15.9 Å². The normalized spacial score (nSPS) is 11.5. The van der Waals surface area contributed by atoms with Crippen LogP contribution in [0.3, 0.4) is 0 Å². The van der Waals surface area contributed by atoms with Gasteiger partial charge >= 0.3 is 0 Å². The van der Waals surface area contributed by atoms with Gasteiger partial charge in [-0.2, -0.15) is 0 Å². The average Bonchev–Trinajstić information content (AvgIpc) is 2.87. The van der Waals surface area contributed by atoms with Crippen molar-refractivity contribution in [2.75, 3.05) is 13.1 Å². The summed E-state index contributed by atoms with van der Waals surface area (Å²) >= 11 is 0. The number of nitrogens with one attached hydrogen (secondary N) is 2. The molecule has 0 aliphatic carbocycles. The summed E-state index contributed by atoms with van der Waals surface area (Å²) in [7, 11) is -3.86. The maximum absolute atomic E-state index is 12.8. The molecule has 1 aromatic heterocycles. The molecule has 0 saturated heterocycles. The number of hydrogen-bond donors (Lipinski definition) is 2. The Morgan fingerprint density at radius 1 is 1.25 bits per heavy atom. The summed E-state index contributed by atoms with van der Waals surface area (Å²) in [6.45, 7) is 2.92. The molecule has 9 heteroatoms. The van der Waals surface area contributed by atoms with E-state index in [2.05, 4.69) is 15.2 Å². The van der Waals surface area contributed by atoms with E-state index in [1.165, 1.54) is 26.0 Å². The van der Waals surface area contributed by atoms with Gasteiger partial charge in [0.15, 0.2) is 5.76 Å². The average molecular weight is 355 g/mol. The molecule has 0 saturated carbocycles. The summed E-state index contributed by atoms with van der Waals surface area (Å²) in [5.41, 5.74) is 1.10. The molecule has 0 aliphatic heterocycles. The molecule has 2 rings (SSSR count). The fourth-order valence-electron chi connectivity index (χ4n) is 2.15. The zero-order valence-electron chi connectivity index (χ0n) is 13.3. The van der Waals surface area contributed by atoms with Crippen LogP contribution in [0.1, 0.15) is 17.0 Å². The highest BCUT2D eigenvalue weighted by atomic mass is 32.2. The lowest BCUT2D eigenvalue weighted by molar-refractivity contribution is -0.119. The minimum atomic E-state index is -3.86. The van der Waals surface area contributed by atoms with Crippen LogP contribution in [0, 0.1) is 19.7 Å². The topological polar surface area (TPSA) is 101 Å². The van der Waals surface area contributed by atoms with Crippen molar-refractivity contribution in [2.24, 2.45) is 0 Å². The van der Waals surface area contributed by atoms with E-state index in [0.29, 0.717) is 13.0 Å². The lowest BCUT2D eigenvalue weighted by Crippen LogP contribution is -2.37. The minimum absolute atomic E-state index is 0.0541. The molecule has 2 aromatic rings. The van der Waals surface area contributed by atoms with Gasteiger partial charge in [0.1, 0.15) is 16.4 Å². The maximum atomic E-state index is 12.8. The number of rotatable bonds is 7. The molecule has 0 unspecified atom stereocenters. The van der Waals surface area contributed by atoms with Crippen LogP contribution in [-0.4, -0.2) is 32.6 Å². The summed E-state index contributed by atoms with van der Waals surface area (Å²) in [5.74, 6) is -0.624. The quantitative estimate of drug-likeness (QED) is 0.774. The first-order valence-electron chi connectivity index (χ1n) is 7.23. The van der Waals surface area contributed by atoms with Crippen molar-refractivity contribution in [3.05, 3.63) is 47.1 Å². The van der Waals surface area contributed by atoms with Crippen molar-refractivity contribution in [1.82, 2.24) is 15.2 Å². The molecule has 0 aliphatic rings. The molecular formula is C15H18FN3O4S. The van der Waals surface area contributed by atoms with Gasteiger partial charge in [0.2, 0.25) is 15.9 Å². The molecule has 0 atom stereocenters. The minimum Gasteiger partial charge on any atom is -0.360 e. The van der Waals surface area contributed by atoms with Crippen LogP contribution in [0.2, 0.25) is 0 Å². The SMILES string of the molecule is Cc1noc(C)c1S(=O)(=O)NCC(=O)NCCc1ccc(F)cc1. The number of hydrogen-bond acceptors (Lipinski definition) is 5. The number of nitrogens with zero attached hydrogens (tertiary/aromatic N) is 1. The number of sulfonamides is 1. The van der Waals surface area contributed by atoms with Crippen LogP contribution in [0.5, 0.6) is 0 Å². The van der Waals surface area contributed by atoms with E-state index in [-0.39, 0.29) is 22.2 Å². The third-order valence-corrected chi connectivity index (χ3v) is 4.95. The first-order valence-corrected chi connectivity index (χ1v) is 8.71. The molecule has 7 nitrogen and oxygen atoms in total. The van der Waals surface area contributed by atoms with E-state index in [0.717, 1.165) is 5.56 Å². The largest absolute Gasteiger partial charge is 0.360 e. The second kappa shape index (κ2) is 7.54. The van der Waals surface area contributed by atoms with Crippen LogP contribution in [0.15, 0.2) is 33.7 Å². The van der Waals surface area contributed by atoms with Crippen LogP contribution < -0.4 is 10.0 Å². The summed E-state index contributed by atoms with van der Waals surface area (Å²) in [6, 6.07) is 5.94. The van der Waals surface area contributed by atoms with E-state index in [4.69, 9.17) is 4.52 Å². The molecule has 1 amide bonds. The van der Waals surface area contributed by atoms with Crippen molar-refractivity contribution in [2.45, 2.75) is 25.2 Å². The molecule has 24 heavy (non-hydrogen) atoms. The molecule has 0 radical (unpaired) electrons. The van der Waals surface area contributed by atoms with E-state index in [1.54, 1.807) is 12.1 Å². The first-order chi connectivity index (χ1) is 11.3. The second-order valence-electron chi connectivity index (χ2n) is 5.20. The van der Waals surface area contributed by atoms with E-state index < -0.39 is 22.5 Å². The van der Waals surface area contributed by atoms with Gasteiger partial charge in [-0.25, -0.2) is 17.5 Å². The standard InChI is InChI=1S/C15H18FN3O4S/c1-10-15(11(2)23-19-10)24(21,22)18-9-14(20)17-8-7-12-3-5-13(16)6-4-12/h3-6,18H,7-9H2,1-2H3,(H,17,20). The first kappa shape index (κ1) is 18.1. The highest BCUT2D eigenvalue weighted by molar-refractivity contribution is 7.89. The second-order valence-corrected chi connectivity index (χ2v) is 6.91. The Labute approximate surface area is 139 Å². The van der Waals surface area contributed by atoms with E-state index >= 15 is 0 Å². The Hall–Kier alpha value is -2.26. The fraction of sp³-hybridized carbons (Fsp3) is 0.333. The molecule has 2 N–H and O–H groups in total. The number of halogens is 1. The van der Waals surface area contributed by atoms with E-state index in [9.17, 15) is 17.6 Å². The van der Waals surface area contributed by atoms with Gasteiger partial charge in [-0.05, 0) is 38.0 Å². The van der Waals surface area contributed by atoms with Crippen LogP contribution in [0.4, 0.5) is 4.39 Å². The fourth-order valence-corrected chi connectivity index (χ4v) is 3.46. The molecule has 1 heterocycles. The number of carbonyl (C=O) groups is 1. The van der Waals surface area contributed by atoms with Crippen molar-refractivity contribution in [1.29, 1.82) is 0 Å². The third-order valence-electron chi connectivity index (χ3n) is 3.31.